The summed E-state index contributed by atoms with van der Waals surface area (Å²) in [6.07, 6.45) is 7.17. The Kier molecular flexibility index (Phi) is 8.47. The number of rotatable bonds is 9. The van der Waals surface area contributed by atoms with Crippen molar-refractivity contribution in [1.82, 2.24) is 10.6 Å². The average Bonchev–Trinajstić information content (AvgIpc) is 2.49. The van der Waals surface area contributed by atoms with Crippen LogP contribution in [0.5, 0.6) is 0 Å². The van der Waals surface area contributed by atoms with Crippen molar-refractivity contribution >= 4 is 16.7 Å². The SMILES string of the molecule is CNCCCCCc1ccc(/C(SC)=C(\C)NC)cc1. The molecule has 0 aliphatic rings. The highest BCUT2D eigenvalue weighted by atomic mass is 32.2. The van der Waals surface area contributed by atoms with Gasteiger partial charge in [-0.25, -0.2) is 0 Å². The summed E-state index contributed by atoms with van der Waals surface area (Å²) in [6, 6.07) is 9.03. The van der Waals surface area contributed by atoms with Crippen molar-refractivity contribution in [2.75, 3.05) is 26.9 Å². The Bertz CT molecular complexity index is 410. The van der Waals surface area contributed by atoms with Crippen LogP contribution in [0.1, 0.15) is 37.3 Å². The van der Waals surface area contributed by atoms with E-state index >= 15 is 0 Å². The molecule has 0 saturated heterocycles. The Morgan fingerprint density at radius 3 is 2.30 bits per heavy atom. The molecule has 112 valence electrons. The molecule has 2 nitrogen and oxygen atoms in total. The van der Waals surface area contributed by atoms with Crippen LogP contribution in [0.25, 0.3) is 4.91 Å². The van der Waals surface area contributed by atoms with Crippen LogP contribution in [-0.4, -0.2) is 26.9 Å². The van der Waals surface area contributed by atoms with Gasteiger partial charge in [-0.05, 0) is 57.2 Å². The molecule has 0 bridgehead atoms. The molecule has 0 saturated carbocycles. The number of benzene rings is 1. The third-order valence-electron chi connectivity index (χ3n) is 3.53. The Labute approximate surface area is 128 Å². The summed E-state index contributed by atoms with van der Waals surface area (Å²) in [6.45, 7) is 3.26. The third-order valence-corrected chi connectivity index (χ3v) is 4.48. The van der Waals surface area contributed by atoms with Crippen molar-refractivity contribution in [3.05, 3.63) is 41.1 Å². The Hall–Kier alpha value is -0.930. The fourth-order valence-corrected chi connectivity index (χ4v) is 3.01. The second-order valence-corrected chi connectivity index (χ2v) is 5.84. The van der Waals surface area contributed by atoms with E-state index < -0.39 is 0 Å². The van der Waals surface area contributed by atoms with Crippen molar-refractivity contribution < 1.29 is 0 Å². The van der Waals surface area contributed by atoms with E-state index in [2.05, 4.69) is 48.1 Å². The lowest BCUT2D eigenvalue weighted by Crippen LogP contribution is -2.07. The van der Waals surface area contributed by atoms with Crippen LogP contribution in [0, 0.1) is 0 Å². The molecule has 0 fully saturated rings. The van der Waals surface area contributed by atoms with Crippen molar-refractivity contribution in [2.24, 2.45) is 0 Å². The predicted octanol–water partition coefficient (Wildman–Crippen LogP) is 3.89. The highest BCUT2D eigenvalue weighted by Crippen LogP contribution is 2.28. The summed E-state index contributed by atoms with van der Waals surface area (Å²) in [5, 5.41) is 6.43. The molecular formula is C17H28N2S. The molecule has 1 rings (SSSR count). The van der Waals surface area contributed by atoms with E-state index in [4.69, 9.17) is 0 Å². The van der Waals surface area contributed by atoms with E-state index in [1.165, 1.54) is 47.4 Å². The number of aryl methyl sites for hydroxylation is 1. The zero-order chi connectivity index (χ0) is 14.8. The lowest BCUT2D eigenvalue weighted by atomic mass is 10.0. The molecule has 0 spiro atoms. The third kappa shape index (κ3) is 5.59. The predicted molar refractivity (Wildman–Crippen MR) is 93.1 cm³/mol. The lowest BCUT2D eigenvalue weighted by Gasteiger charge is -2.10. The maximum absolute atomic E-state index is 3.24. The van der Waals surface area contributed by atoms with Gasteiger partial charge >= 0.3 is 0 Å². The second kappa shape index (κ2) is 9.89. The van der Waals surface area contributed by atoms with Gasteiger partial charge in [0, 0.05) is 17.6 Å². The fraction of sp³-hybridized carbons (Fsp3) is 0.529. The highest BCUT2D eigenvalue weighted by Gasteiger charge is 2.04. The van der Waals surface area contributed by atoms with Crippen LogP contribution < -0.4 is 10.6 Å². The summed E-state index contributed by atoms with van der Waals surface area (Å²) < 4.78 is 0. The van der Waals surface area contributed by atoms with Gasteiger partial charge in [-0.15, -0.1) is 11.8 Å². The summed E-state index contributed by atoms with van der Waals surface area (Å²) in [7, 11) is 3.99. The summed E-state index contributed by atoms with van der Waals surface area (Å²) >= 11 is 1.80. The minimum atomic E-state index is 1.13. The highest BCUT2D eigenvalue weighted by molar-refractivity contribution is 8.07. The van der Waals surface area contributed by atoms with Gasteiger partial charge < -0.3 is 10.6 Å². The van der Waals surface area contributed by atoms with Crippen molar-refractivity contribution in [1.29, 1.82) is 0 Å². The number of allylic oxidation sites excluding steroid dienone is 1. The smallest absolute Gasteiger partial charge is 0.0328 e. The van der Waals surface area contributed by atoms with E-state index in [9.17, 15) is 0 Å². The molecule has 0 atom stereocenters. The first-order chi connectivity index (χ1) is 9.72. The van der Waals surface area contributed by atoms with Gasteiger partial charge in [0.25, 0.3) is 0 Å². The monoisotopic (exact) mass is 292 g/mol. The van der Waals surface area contributed by atoms with Gasteiger partial charge in [-0.1, -0.05) is 30.7 Å². The molecular weight excluding hydrogens is 264 g/mol. The number of thioether (sulfide) groups is 1. The fourth-order valence-electron chi connectivity index (χ4n) is 2.23. The van der Waals surface area contributed by atoms with Gasteiger partial charge in [0.1, 0.15) is 0 Å². The number of nitrogens with one attached hydrogen (secondary N) is 2. The van der Waals surface area contributed by atoms with Crippen LogP contribution in [0.4, 0.5) is 0 Å². The molecule has 0 aromatic heterocycles. The maximum Gasteiger partial charge on any atom is 0.0328 e. The van der Waals surface area contributed by atoms with Crippen molar-refractivity contribution in [3.63, 3.8) is 0 Å². The lowest BCUT2D eigenvalue weighted by molar-refractivity contribution is 0.642. The summed E-state index contributed by atoms with van der Waals surface area (Å²) in [4.78, 5) is 1.33. The van der Waals surface area contributed by atoms with Crippen LogP contribution in [-0.2, 0) is 6.42 Å². The first kappa shape index (κ1) is 17.1. The van der Waals surface area contributed by atoms with E-state index in [0.29, 0.717) is 0 Å². The number of unbranched alkanes of at least 4 members (excludes halogenated alkanes) is 2. The van der Waals surface area contributed by atoms with Gasteiger partial charge in [0.15, 0.2) is 0 Å². The normalized spacial score (nSPS) is 12.2. The van der Waals surface area contributed by atoms with Gasteiger partial charge in [0.2, 0.25) is 0 Å². The summed E-state index contributed by atoms with van der Waals surface area (Å²) in [5.41, 5.74) is 3.99. The van der Waals surface area contributed by atoms with Crippen LogP contribution in [0.3, 0.4) is 0 Å². The molecule has 0 unspecified atom stereocenters. The summed E-state index contributed by atoms with van der Waals surface area (Å²) in [5.74, 6) is 0. The average molecular weight is 292 g/mol. The van der Waals surface area contributed by atoms with E-state index in [1.54, 1.807) is 11.8 Å². The van der Waals surface area contributed by atoms with E-state index in [1.807, 2.05) is 14.1 Å². The zero-order valence-electron chi connectivity index (χ0n) is 13.3. The molecule has 3 heteroatoms. The first-order valence-electron chi connectivity index (χ1n) is 7.39. The second-order valence-electron chi connectivity index (χ2n) is 5.02. The zero-order valence-corrected chi connectivity index (χ0v) is 14.1. The van der Waals surface area contributed by atoms with Crippen LogP contribution in [0.15, 0.2) is 30.0 Å². The van der Waals surface area contributed by atoms with Gasteiger partial charge in [-0.2, -0.15) is 0 Å². The van der Waals surface area contributed by atoms with Crippen molar-refractivity contribution in [2.45, 2.75) is 32.6 Å². The molecule has 1 aromatic rings. The Morgan fingerprint density at radius 2 is 1.75 bits per heavy atom. The molecule has 1 aromatic carbocycles. The Balaban J connectivity index is 2.56. The molecule has 2 N–H and O–H groups in total. The molecule has 0 radical (unpaired) electrons. The number of hydrogen-bond donors (Lipinski definition) is 2. The van der Waals surface area contributed by atoms with E-state index in [-0.39, 0.29) is 0 Å². The Morgan fingerprint density at radius 1 is 1.05 bits per heavy atom. The van der Waals surface area contributed by atoms with Gasteiger partial charge in [0.05, 0.1) is 0 Å². The molecule has 0 aliphatic heterocycles. The molecule has 20 heavy (non-hydrogen) atoms. The minimum Gasteiger partial charge on any atom is -0.391 e. The topological polar surface area (TPSA) is 24.1 Å². The minimum absolute atomic E-state index is 1.13. The largest absolute Gasteiger partial charge is 0.391 e. The molecule has 0 aliphatic carbocycles. The van der Waals surface area contributed by atoms with Gasteiger partial charge in [-0.3, -0.25) is 0 Å². The van der Waals surface area contributed by atoms with Crippen molar-refractivity contribution in [3.8, 4) is 0 Å². The number of hydrogen-bond acceptors (Lipinski definition) is 3. The van der Waals surface area contributed by atoms with E-state index in [0.717, 1.165) is 6.54 Å². The quantitative estimate of drug-likeness (QED) is 0.675. The first-order valence-corrected chi connectivity index (χ1v) is 8.62. The molecule has 0 amide bonds. The maximum atomic E-state index is 3.24. The standard InChI is InChI=1S/C17H28N2S/c1-14(19-3)17(20-4)16-11-9-15(10-12-16)8-6-5-7-13-18-2/h9-12,18-19H,5-8,13H2,1-4H3/b17-14-. The van der Waals surface area contributed by atoms with Crippen LogP contribution in [0.2, 0.25) is 0 Å². The molecule has 0 heterocycles. The van der Waals surface area contributed by atoms with Crippen LogP contribution >= 0.6 is 11.8 Å².